The maximum absolute atomic E-state index is 2.33. The molecule has 0 bridgehead atoms. The molecule has 4 aromatic rings. The standard InChI is InChI=1S/C29H29N2S/c1-19(2)23-10-13-25(14-11-23)31-20(3)16-22(17-21(31)4)18-28-30(5)29-26-9-7-6-8-24(26)12-15-27(29)32-28/h6-19H,1-5H3/q+1. The van der Waals surface area contributed by atoms with E-state index >= 15 is 0 Å². The fourth-order valence-electron chi connectivity index (χ4n) is 4.65. The van der Waals surface area contributed by atoms with E-state index in [1.807, 2.05) is 11.8 Å². The van der Waals surface area contributed by atoms with Gasteiger partial charge in [0.25, 0.3) is 0 Å². The molecule has 3 aromatic carbocycles. The second kappa shape index (κ2) is 8.14. The van der Waals surface area contributed by atoms with E-state index in [1.165, 1.54) is 54.6 Å². The summed E-state index contributed by atoms with van der Waals surface area (Å²) < 4.78 is 2.33. The van der Waals surface area contributed by atoms with Crippen LogP contribution in [0.5, 0.6) is 0 Å². The van der Waals surface area contributed by atoms with Crippen LogP contribution in [0.15, 0.2) is 82.7 Å². The number of fused-ring (bicyclic) bond motifs is 3. The van der Waals surface area contributed by atoms with Gasteiger partial charge in [-0.1, -0.05) is 68.1 Å². The molecular formula is C29H29N2S+. The number of nitrogens with zero attached hydrogens (tertiary/aromatic N) is 2. The van der Waals surface area contributed by atoms with Gasteiger partial charge in [0.05, 0.1) is 10.7 Å². The zero-order chi connectivity index (χ0) is 22.4. The van der Waals surface area contributed by atoms with Crippen molar-refractivity contribution in [2.24, 2.45) is 0 Å². The molecule has 1 aromatic heterocycles. The molecule has 0 amide bonds. The van der Waals surface area contributed by atoms with Crippen LogP contribution in [0.3, 0.4) is 0 Å². The first-order chi connectivity index (χ1) is 15.4. The molecule has 32 heavy (non-hydrogen) atoms. The summed E-state index contributed by atoms with van der Waals surface area (Å²) in [5.74, 6) is 0.549. The largest absolute Gasteiger partial charge is 0.338 e. The summed E-state index contributed by atoms with van der Waals surface area (Å²) in [7, 11) is 2.18. The minimum Gasteiger partial charge on any atom is -0.338 e. The number of pyridine rings is 1. The van der Waals surface area contributed by atoms with Crippen LogP contribution in [0.25, 0.3) is 22.5 Å². The van der Waals surface area contributed by atoms with Crippen molar-refractivity contribution < 1.29 is 4.57 Å². The van der Waals surface area contributed by atoms with Gasteiger partial charge >= 0.3 is 0 Å². The van der Waals surface area contributed by atoms with Gasteiger partial charge in [0.1, 0.15) is 0 Å². The second-order valence-corrected chi connectivity index (χ2v) is 9.99. The van der Waals surface area contributed by atoms with E-state index in [1.54, 1.807) is 0 Å². The Balaban J connectivity index is 1.50. The van der Waals surface area contributed by atoms with Gasteiger partial charge in [0.15, 0.2) is 11.4 Å². The van der Waals surface area contributed by atoms with Gasteiger partial charge in [-0.3, -0.25) is 0 Å². The molecule has 0 saturated heterocycles. The molecule has 0 aliphatic carbocycles. The molecular weight excluding hydrogens is 408 g/mol. The molecule has 5 rings (SSSR count). The first-order valence-electron chi connectivity index (χ1n) is 11.2. The van der Waals surface area contributed by atoms with Crippen LogP contribution in [-0.2, 0) is 0 Å². The lowest BCUT2D eigenvalue weighted by molar-refractivity contribution is -0.609. The number of thioether (sulfide) groups is 1. The number of hydrogen-bond donors (Lipinski definition) is 0. The van der Waals surface area contributed by atoms with Gasteiger partial charge in [-0.25, -0.2) is 0 Å². The summed E-state index contributed by atoms with van der Waals surface area (Å²) in [6.45, 7) is 8.86. The van der Waals surface area contributed by atoms with Crippen LogP contribution in [-0.4, -0.2) is 7.05 Å². The number of rotatable bonds is 3. The molecule has 2 heterocycles. The number of benzene rings is 3. The topological polar surface area (TPSA) is 7.12 Å². The monoisotopic (exact) mass is 437 g/mol. The number of aromatic nitrogens is 1. The molecule has 0 unspecified atom stereocenters. The highest BCUT2D eigenvalue weighted by Crippen LogP contribution is 2.49. The molecule has 2 nitrogen and oxygen atoms in total. The summed E-state index contributed by atoms with van der Waals surface area (Å²) in [6, 6.07) is 26.6. The van der Waals surface area contributed by atoms with Gasteiger partial charge < -0.3 is 4.90 Å². The fraction of sp³-hybridized carbons (Fsp3) is 0.207. The van der Waals surface area contributed by atoms with E-state index in [2.05, 4.69) is 123 Å². The van der Waals surface area contributed by atoms with E-state index in [0.29, 0.717) is 5.92 Å². The lowest BCUT2D eigenvalue weighted by Gasteiger charge is -2.16. The molecule has 160 valence electrons. The molecule has 0 atom stereocenters. The van der Waals surface area contributed by atoms with E-state index < -0.39 is 0 Å². The Bertz CT molecular complexity index is 1330. The predicted octanol–water partition coefficient (Wildman–Crippen LogP) is 7.40. The molecule has 1 aliphatic rings. The highest BCUT2D eigenvalue weighted by atomic mass is 32.2. The quantitative estimate of drug-likeness (QED) is 0.308. The summed E-state index contributed by atoms with van der Waals surface area (Å²) in [6.07, 6.45) is 2.31. The molecule has 1 aliphatic heterocycles. The maximum Gasteiger partial charge on any atom is 0.211 e. The van der Waals surface area contributed by atoms with Gasteiger partial charge in [-0.05, 0) is 34.6 Å². The van der Waals surface area contributed by atoms with Crippen molar-refractivity contribution in [1.82, 2.24) is 0 Å². The Kier molecular flexibility index (Phi) is 5.30. The molecule has 3 heteroatoms. The molecule has 0 N–H and O–H groups in total. The third-order valence-corrected chi connectivity index (χ3v) is 7.46. The van der Waals surface area contributed by atoms with Crippen molar-refractivity contribution >= 4 is 34.3 Å². The van der Waals surface area contributed by atoms with E-state index in [9.17, 15) is 0 Å². The lowest BCUT2D eigenvalue weighted by atomic mass is 10.0. The highest BCUT2D eigenvalue weighted by molar-refractivity contribution is 8.04. The van der Waals surface area contributed by atoms with Gasteiger partial charge in [0.2, 0.25) is 5.69 Å². The Hall–Kier alpha value is -3.04. The van der Waals surface area contributed by atoms with Crippen molar-refractivity contribution in [2.75, 3.05) is 11.9 Å². The summed E-state index contributed by atoms with van der Waals surface area (Å²) in [5.41, 5.74) is 7.62. The summed E-state index contributed by atoms with van der Waals surface area (Å²) in [5, 5.41) is 3.86. The smallest absolute Gasteiger partial charge is 0.211 e. The van der Waals surface area contributed by atoms with E-state index in [0.717, 1.165) is 0 Å². The zero-order valence-electron chi connectivity index (χ0n) is 19.4. The lowest BCUT2D eigenvalue weighted by Crippen LogP contribution is -2.37. The van der Waals surface area contributed by atoms with Crippen LogP contribution in [0.2, 0.25) is 0 Å². The Morgan fingerprint density at radius 3 is 2.25 bits per heavy atom. The Morgan fingerprint density at radius 1 is 0.875 bits per heavy atom. The van der Waals surface area contributed by atoms with Crippen LogP contribution < -0.4 is 9.47 Å². The van der Waals surface area contributed by atoms with Crippen molar-refractivity contribution in [3.05, 3.63) is 100 Å². The minimum absolute atomic E-state index is 0.549. The van der Waals surface area contributed by atoms with Crippen LogP contribution >= 0.6 is 11.8 Å². The van der Waals surface area contributed by atoms with Crippen molar-refractivity contribution in [3.63, 3.8) is 0 Å². The van der Waals surface area contributed by atoms with Crippen LogP contribution in [0.4, 0.5) is 5.69 Å². The van der Waals surface area contributed by atoms with E-state index in [-0.39, 0.29) is 0 Å². The second-order valence-electron chi connectivity index (χ2n) is 8.93. The average molecular weight is 438 g/mol. The minimum atomic E-state index is 0.549. The molecule has 0 fully saturated rings. The number of aryl methyl sites for hydroxylation is 2. The first-order valence-corrected chi connectivity index (χ1v) is 12.0. The molecule has 0 saturated carbocycles. The predicted molar refractivity (Wildman–Crippen MR) is 138 cm³/mol. The third-order valence-electron chi connectivity index (χ3n) is 6.31. The number of hydrogen-bond acceptors (Lipinski definition) is 2. The normalized spacial score (nSPS) is 14.6. The third kappa shape index (κ3) is 3.61. The van der Waals surface area contributed by atoms with Crippen molar-refractivity contribution in [3.8, 4) is 5.69 Å². The first kappa shape index (κ1) is 20.8. The van der Waals surface area contributed by atoms with Crippen molar-refractivity contribution in [2.45, 2.75) is 38.5 Å². The van der Waals surface area contributed by atoms with Crippen LogP contribution in [0, 0.1) is 13.8 Å². The van der Waals surface area contributed by atoms with Gasteiger partial charge in [-0.2, -0.15) is 4.57 Å². The van der Waals surface area contributed by atoms with Crippen molar-refractivity contribution in [1.29, 1.82) is 0 Å². The fourth-order valence-corrected chi connectivity index (χ4v) is 5.78. The van der Waals surface area contributed by atoms with E-state index in [4.69, 9.17) is 0 Å². The summed E-state index contributed by atoms with van der Waals surface area (Å²) >= 11 is 1.85. The van der Waals surface area contributed by atoms with Gasteiger partial charge in [-0.15, -0.1) is 0 Å². The maximum atomic E-state index is 2.33. The SMILES string of the molecule is Cc1cc(/C=C2\Sc3ccc4ccccc4c3N2C)cc(C)[n+]1-c1ccc(C(C)C)cc1. The summed E-state index contributed by atoms with van der Waals surface area (Å²) in [4.78, 5) is 3.65. The molecule has 0 spiro atoms. The average Bonchev–Trinajstić information content (AvgIpc) is 3.09. The zero-order valence-corrected chi connectivity index (χ0v) is 20.2. The van der Waals surface area contributed by atoms with Crippen LogP contribution in [0.1, 0.15) is 42.3 Å². The van der Waals surface area contributed by atoms with Gasteiger partial charge in [0, 0.05) is 55.4 Å². The highest BCUT2D eigenvalue weighted by Gasteiger charge is 2.24. The Morgan fingerprint density at radius 2 is 1.56 bits per heavy atom. The Labute approximate surface area is 195 Å². The number of anilines is 1. The molecule has 0 radical (unpaired) electrons.